The summed E-state index contributed by atoms with van der Waals surface area (Å²) in [5.74, 6) is 0.461. The van der Waals surface area contributed by atoms with E-state index in [9.17, 15) is 4.79 Å². The van der Waals surface area contributed by atoms with Crippen molar-refractivity contribution >= 4 is 16.6 Å². The van der Waals surface area contributed by atoms with Crippen molar-refractivity contribution in [2.24, 2.45) is 0 Å². The van der Waals surface area contributed by atoms with Crippen LogP contribution in [0.3, 0.4) is 0 Å². The molecule has 0 aliphatic carbocycles. The van der Waals surface area contributed by atoms with E-state index in [2.05, 4.69) is 6.58 Å². The van der Waals surface area contributed by atoms with E-state index < -0.39 is 0 Å². The lowest BCUT2D eigenvalue weighted by Gasteiger charge is -2.11. The topological polar surface area (TPSA) is 57.2 Å². The van der Waals surface area contributed by atoms with Crippen LogP contribution in [0.5, 0.6) is 0 Å². The highest BCUT2D eigenvalue weighted by Crippen LogP contribution is 2.13. The molecule has 2 rings (SSSR count). The molecule has 1 heterocycles. The van der Waals surface area contributed by atoms with E-state index in [-0.39, 0.29) is 5.56 Å². The minimum Gasteiger partial charge on any atom is -0.385 e. The third kappa shape index (κ3) is 3.03. The lowest BCUT2D eigenvalue weighted by Crippen LogP contribution is -2.25. The SMILES string of the molecule is C=C(C)COCCn1c(N)cc2ccccc2c1=O. The van der Waals surface area contributed by atoms with Crippen molar-refractivity contribution in [3.63, 3.8) is 0 Å². The molecule has 1 aromatic heterocycles. The summed E-state index contributed by atoms with van der Waals surface area (Å²) in [4.78, 5) is 12.3. The van der Waals surface area contributed by atoms with Gasteiger partial charge in [-0.15, -0.1) is 0 Å². The predicted molar refractivity (Wildman–Crippen MR) is 78.3 cm³/mol. The van der Waals surface area contributed by atoms with E-state index in [0.717, 1.165) is 11.0 Å². The average Bonchev–Trinajstić information content (AvgIpc) is 2.37. The fourth-order valence-electron chi connectivity index (χ4n) is 1.95. The molecule has 2 N–H and O–H groups in total. The van der Waals surface area contributed by atoms with Crippen LogP contribution < -0.4 is 11.3 Å². The van der Waals surface area contributed by atoms with Crippen LogP contribution in [0.15, 0.2) is 47.3 Å². The minimum atomic E-state index is -0.0745. The summed E-state index contributed by atoms with van der Waals surface area (Å²) in [6, 6.07) is 9.25. The maximum atomic E-state index is 12.3. The van der Waals surface area contributed by atoms with E-state index in [1.807, 2.05) is 37.3 Å². The molecular formula is C15H18N2O2. The van der Waals surface area contributed by atoms with Crippen molar-refractivity contribution in [3.05, 3.63) is 52.8 Å². The summed E-state index contributed by atoms with van der Waals surface area (Å²) in [6.45, 7) is 7.05. The van der Waals surface area contributed by atoms with E-state index in [4.69, 9.17) is 10.5 Å². The lowest BCUT2D eigenvalue weighted by atomic mass is 10.1. The van der Waals surface area contributed by atoms with Gasteiger partial charge in [-0.05, 0) is 24.4 Å². The fraction of sp³-hybridized carbons (Fsp3) is 0.267. The Balaban J connectivity index is 2.23. The maximum Gasteiger partial charge on any atom is 0.260 e. The molecule has 0 bridgehead atoms. The largest absolute Gasteiger partial charge is 0.385 e. The molecule has 0 fully saturated rings. The molecule has 0 amide bonds. The predicted octanol–water partition coefficient (Wildman–Crippen LogP) is 2.18. The van der Waals surface area contributed by atoms with Gasteiger partial charge in [0.1, 0.15) is 5.82 Å². The van der Waals surface area contributed by atoms with E-state index in [0.29, 0.717) is 31.0 Å². The molecule has 0 saturated heterocycles. The van der Waals surface area contributed by atoms with Gasteiger partial charge in [0, 0.05) is 5.39 Å². The van der Waals surface area contributed by atoms with E-state index >= 15 is 0 Å². The normalized spacial score (nSPS) is 10.8. The molecule has 0 saturated carbocycles. The average molecular weight is 258 g/mol. The first-order valence-corrected chi connectivity index (χ1v) is 6.20. The highest BCUT2D eigenvalue weighted by atomic mass is 16.5. The molecule has 0 aliphatic rings. The van der Waals surface area contributed by atoms with Crippen LogP contribution in [0.4, 0.5) is 5.82 Å². The second-order valence-electron chi connectivity index (χ2n) is 4.62. The van der Waals surface area contributed by atoms with Crippen LogP contribution in [0.1, 0.15) is 6.92 Å². The first kappa shape index (κ1) is 13.4. The van der Waals surface area contributed by atoms with Crippen molar-refractivity contribution in [2.45, 2.75) is 13.5 Å². The summed E-state index contributed by atoms with van der Waals surface area (Å²) in [5, 5.41) is 1.54. The van der Waals surface area contributed by atoms with Crippen molar-refractivity contribution < 1.29 is 4.74 Å². The molecule has 4 nitrogen and oxygen atoms in total. The van der Waals surface area contributed by atoms with Gasteiger partial charge in [0.15, 0.2) is 0 Å². The van der Waals surface area contributed by atoms with Crippen LogP contribution in [0, 0.1) is 0 Å². The first-order valence-electron chi connectivity index (χ1n) is 6.20. The monoisotopic (exact) mass is 258 g/mol. The maximum absolute atomic E-state index is 12.3. The fourth-order valence-corrected chi connectivity index (χ4v) is 1.95. The van der Waals surface area contributed by atoms with Crippen molar-refractivity contribution in [1.82, 2.24) is 4.57 Å². The van der Waals surface area contributed by atoms with Crippen molar-refractivity contribution in [2.75, 3.05) is 18.9 Å². The van der Waals surface area contributed by atoms with Crippen LogP contribution in [0.25, 0.3) is 10.8 Å². The number of benzene rings is 1. The van der Waals surface area contributed by atoms with Gasteiger partial charge in [0.2, 0.25) is 0 Å². The minimum absolute atomic E-state index is 0.0745. The van der Waals surface area contributed by atoms with Gasteiger partial charge < -0.3 is 10.5 Å². The molecule has 0 unspecified atom stereocenters. The van der Waals surface area contributed by atoms with Crippen LogP contribution in [-0.4, -0.2) is 17.8 Å². The molecule has 0 spiro atoms. The van der Waals surface area contributed by atoms with Gasteiger partial charge in [0.05, 0.1) is 19.8 Å². The molecule has 19 heavy (non-hydrogen) atoms. The standard InChI is InChI=1S/C15H18N2O2/c1-11(2)10-19-8-7-17-14(16)9-12-5-3-4-6-13(12)15(17)18/h3-6,9H,1,7-8,10,16H2,2H3. The summed E-state index contributed by atoms with van der Waals surface area (Å²) >= 11 is 0. The van der Waals surface area contributed by atoms with Crippen LogP contribution in [0.2, 0.25) is 0 Å². The number of pyridine rings is 1. The number of rotatable bonds is 5. The van der Waals surface area contributed by atoms with Gasteiger partial charge >= 0.3 is 0 Å². The van der Waals surface area contributed by atoms with E-state index in [1.54, 1.807) is 4.57 Å². The Morgan fingerprint density at radius 1 is 1.42 bits per heavy atom. The number of aromatic nitrogens is 1. The number of hydrogen-bond donors (Lipinski definition) is 1. The first-order chi connectivity index (χ1) is 9.09. The third-order valence-corrected chi connectivity index (χ3v) is 2.86. The molecular weight excluding hydrogens is 240 g/mol. The van der Waals surface area contributed by atoms with Gasteiger partial charge in [-0.1, -0.05) is 30.4 Å². The quantitative estimate of drug-likeness (QED) is 0.660. The second-order valence-corrected chi connectivity index (χ2v) is 4.62. The van der Waals surface area contributed by atoms with Crippen LogP contribution in [-0.2, 0) is 11.3 Å². The zero-order valence-corrected chi connectivity index (χ0v) is 11.1. The number of nitrogens with two attached hydrogens (primary N) is 1. The molecule has 100 valence electrons. The molecule has 4 heteroatoms. The molecule has 0 aliphatic heterocycles. The Morgan fingerprint density at radius 2 is 2.16 bits per heavy atom. The Labute approximate surface area is 112 Å². The molecule has 1 aromatic carbocycles. The lowest BCUT2D eigenvalue weighted by molar-refractivity contribution is 0.147. The zero-order chi connectivity index (χ0) is 13.8. The summed E-state index contributed by atoms with van der Waals surface area (Å²) in [5.41, 5.74) is 6.80. The molecule has 0 atom stereocenters. The zero-order valence-electron chi connectivity index (χ0n) is 11.1. The summed E-state index contributed by atoms with van der Waals surface area (Å²) in [6.07, 6.45) is 0. The smallest absolute Gasteiger partial charge is 0.260 e. The summed E-state index contributed by atoms with van der Waals surface area (Å²) in [7, 11) is 0. The number of anilines is 1. The number of fused-ring (bicyclic) bond motifs is 1. The van der Waals surface area contributed by atoms with Crippen molar-refractivity contribution in [1.29, 1.82) is 0 Å². The Bertz CT molecular complexity index is 659. The highest BCUT2D eigenvalue weighted by Gasteiger charge is 2.06. The highest BCUT2D eigenvalue weighted by molar-refractivity contribution is 5.83. The van der Waals surface area contributed by atoms with Crippen molar-refractivity contribution in [3.8, 4) is 0 Å². The molecule has 2 aromatic rings. The van der Waals surface area contributed by atoms with E-state index in [1.165, 1.54) is 0 Å². The number of hydrogen-bond acceptors (Lipinski definition) is 3. The summed E-state index contributed by atoms with van der Waals surface area (Å²) < 4.78 is 6.95. The second kappa shape index (κ2) is 5.71. The number of ether oxygens (including phenoxy) is 1. The van der Waals surface area contributed by atoms with Crippen LogP contribution >= 0.6 is 0 Å². The Morgan fingerprint density at radius 3 is 2.89 bits per heavy atom. The van der Waals surface area contributed by atoms with Gasteiger partial charge in [-0.3, -0.25) is 9.36 Å². The third-order valence-electron chi connectivity index (χ3n) is 2.86. The van der Waals surface area contributed by atoms with Gasteiger partial charge in [-0.25, -0.2) is 0 Å². The Hall–Kier alpha value is -2.07. The molecule has 0 radical (unpaired) electrons. The number of nitrogen functional groups attached to an aromatic ring is 1. The van der Waals surface area contributed by atoms with Gasteiger partial charge in [-0.2, -0.15) is 0 Å². The number of nitrogens with zero attached hydrogens (tertiary/aromatic N) is 1. The van der Waals surface area contributed by atoms with Gasteiger partial charge in [0.25, 0.3) is 5.56 Å². The Kier molecular flexibility index (Phi) is 4.02.